The lowest BCUT2D eigenvalue weighted by Gasteiger charge is -2.26. The first-order valence-electron chi connectivity index (χ1n) is 8.88. The molecule has 7 nitrogen and oxygen atoms in total. The van der Waals surface area contributed by atoms with Gasteiger partial charge in [0.2, 0.25) is 5.88 Å². The minimum Gasteiger partial charge on any atom is -0.494 e. The van der Waals surface area contributed by atoms with E-state index in [0.29, 0.717) is 18.7 Å². The van der Waals surface area contributed by atoms with Crippen molar-refractivity contribution in [3.8, 4) is 5.88 Å². The minimum absolute atomic E-state index is 0.0208. The van der Waals surface area contributed by atoms with Crippen LogP contribution in [0.4, 0.5) is 0 Å². The standard InChI is InChI=1S/C17H28N4O3/c1-3-5-10-21-16(23)14(15(22)20-17(21)24)12(4-2)19-13-9-7-6-8-11(13)18/h11,13,23H,3-10,18H2,1-2H3,(H,20,22,24). The molecule has 24 heavy (non-hydrogen) atoms. The number of aromatic nitrogens is 2. The van der Waals surface area contributed by atoms with Crippen LogP contribution in [-0.4, -0.2) is 32.5 Å². The molecule has 1 saturated carbocycles. The fourth-order valence-electron chi connectivity index (χ4n) is 3.18. The van der Waals surface area contributed by atoms with Gasteiger partial charge in [-0.1, -0.05) is 33.1 Å². The number of hydrogen-bond donors (Lipinski definition) is 3. The molecule has 0 radical (unpaired) electrons. The van der Waals surface area contributed by atoms with Crippen LogP contribution in [0, 0.1) is 0 Å². The zero-order valence-electron chi connectivity index (χ0n) is 14.5. The maximum absolute atomic E-state index is 12.3. The van der Waals surface area contributed by atoms with Crippen LogP contribution in [0.3, 0.4) is 0 Å². The fourth-order valence-corrected chi connectivity index (χ4v) is 3.18. The average molecular weight is 336 g/mol. The molecule has 1 heterocycles. The summed E-state index contributed by atoms with van der Waals surface area (Å²) in [6.07, 6.45) is 6.09. The Bertz CT molecular complexity index is 705. The average Bonchev–Trinajstić information content (AvgIpc) is 2.55. The van der Waals surface area contributed by atoms with Gasteiger partial charge in [0.25, 0.3) is 5.56 Å². The van der Waals surface area contributed by atoms with Gasteiger partial charge in [0.15, 0.2) is 0 Å². The second-order valence-corrected chi connectivity index (χ2v) is 6.41. The Morgan fingerprint density at radius 1 is 1.33 bits per heavy atom. The van der Waals surface area contributed by atoms with Crippen LogP contribution < -0.4 is 17.0 Å². The molecule has 0 bridgehead atoms. The highest BCUT2D eigenvalue weighted by molar-refractivity contribution is 6.02. The maximum atomic E-state index is 12.3. The Morgan fingerprint density at radius 2 is 2.04 bits per heavy atom. The monoisotopic (exact) mass is 336 g/mol. The van der Waals surface area contributed by atoms with Gasteiger partial charge in [0.05, 0.1) is 11.8 Å². The number of aromatic amines is 1. The molecule has 1 aromatic heterocycles. The van der Waals surface area contributed by atoms with Crippen LogP contribution in [0.5, 0.6) is 5.88 Å². The van der Waals surface area contributed by atoms with Crippen LogP contribution in [0.25, 0.3) is 0 Å². The summed E-state index contributed by atoms with van der Waals surface area (Å²) in [5.41, 5.74) is 5.59. The second kappa shape index (κ2) is 8.28. The summed E-state index contributed by atoms with van der Waals surface area (Å²) in [7, 11) is 0. The molecule has 1 aromatic rings. The quantitative estimate of drug-likeness (QED) is 0.683. The van der Waals surface area contributed by atoms with Crippen molar-refractivity contribution in [2.75, 3.05) is 0 Å². The first kappa shape index (κ1) is 18.4. The van der Waals surface area contributed by atoms with E-state index in [9.17, 15) is 14.7 Å². The zero-order valence-corrected chi connectivity index (χ0v) is 14.5. The van der Waals surface area contributed by atoms with Gasteiger partial charge in [-0.2, -0.15) is 0 Å². The third kappa shape index (κ3) is 3.95. The fraction of sp³-hybridized carbons (Fsp3) is 0.706. The van der Waals surface area contributed by atoms with Crippen molar-refractivity contribution in [3.63, 3.8) is 0 Å². The van der Waals surface area contributed by atoms with Crippen LogP contribution in [0.2, 0.25) is 0 Å². The predicted molar refractivity (Wildman–Crippen MR) is 95.0 cm³/mol. The number of nitrogens with two attached hydrogens (primary N) is 1. The second-order valence-electron chi connectivity index (χ2n) is 6.41. The molecule has 0 spiro atoms. The number of nitrogens with zero attached hydrogens (tertiary/aromatic N) is 2. The summed E-state index contributed by atoms with van der Waals surface area (Å²) in [4.78, 5) is 31.2. The van der Waals surface area contributed by atoms with E-state index < -0.39 is 11.2 Å². The van der Waals surface area contributed by atoms with E-state index in [-0.39, 0.29) is 23.5 Å². The molecule has 2 rings (SSSR count). The Kier molecular flexibility index (Phi) is 6.36. The van der Waals surface area contributed by atoms with Gasteiger partial charge in [-0.05, 0) is 25.7 Å². The summed E-state index contributed by atoms with van der Waals surface area (Å²) in [5, 5.41) is 10.5. The van der Waals surface area contributed by atoms with E-state index in [0.717, 1.165) is 38.5 Å². The molecule has 0 aliphatic heterocycles. The van der Waals surface area contributed by atoms with E-state index in [1.54, 1.807) is 0 Å². The van der Waals surface area contributed by atoms with Gasteiger partial charge in [-0.25, -0.2) is 4.79 Å². The highest BCUT2D eigenvalue weighted by Crippen LogP contribution is 2.22. The van der Waals surface area contributed by atoms with Gasteiger partial charge in [-0.3, -0.25) is 19.3 Å². The Labute approximate surface area is 141 Å². The SMILES string of the molecule is CCCCn1c(O)c(C(CC)=NC2CCCCC2N)c(=O)[nH]c1=O. The predicted octanol–water partition coefficient (Wildman–Crippen LogP) is 1.51. The molecule has 0 saturated heterocycles. The van der Waals surface area contributed by atoms with Crippen molar-refractivity contribution in [1.82, 2.24) is 9.55 Å². The number of unbranched alkanes of at least 4 members (excludes halogenated alkanes) is 1. The molecule has 7 heteroatoms. The smallest absolute Gasteiger partial charge is 0.331 e. The van der Waals surface area contributed by atoms with Crippen LogP contribution >= 0.6 is 0 Å². The summed E-state index contributed by atoms with van der Waals surface area (Å²) >= 11 is 0. The highest BCUT2D eigenvalue weighted by atomic mass is 16.3. The topological polar surface area (TPSA) is 113 Å². The molecule has 0 aromatic carbocycles. The lowest BCUT2D eigenvalue weighted by atomic mass is 9.91. The summed E-state index contributed by atoms with van der Waals surface area (Å²) < 4.78 is 1.21. The van der Waals surface area contributed by atoms with E-state index in [1.165, 1.54) is 4.57 Å². The maximum Gasteiger partial charge on any atom is 0.331 e. The molecule has 4 N–H and O–H groups in total. The first-order valence-corrected chi connectivity index (χ1v) is 8.88. The molecular weight excluding hydrogens is 308 g/mol. The van der Waals surface area contributed by atoms with Gasteiger partial charge in [-0.15, -0.1) is 0 Å². The number of aliphatic imine (C=N–C) groups is 1. The largest absolute Gasteiger partial charge is 0.494 e. The van der Waals surface area contributed by atoms with E-state index in [1.807, 2.05) is 13.8 Å². The normalized spacial score (nSPS) is 21.9. The summed E-state index contributed by atoms with van der Waals surface area (Å²) in [6, 6.07) is -0.0592. The van der Waals surface area contributed by atoms with Gasteiger partial charge in [0.1, 0.15) is 5.56 Å². The summed E-state index contributed by atoms with van der Waals surface area (Å²) in [6.45, 7) is 4.25. The van der Waals surface area contributed by atoms with E-state index in [4.69, 9.17) is 5.73 Å². The lowest BCUT2D eigenvalue weighted by molar-refractivity contribution is 0.384. The number of nitrogens with one attached hydrogen (secondary N) is 1. The minimum atomic E-state index is -0.588. The van der Waals surface area contributed by atoms with Crippen molar-refractivity contribution < 1.29 is 5.11 Å². The lowest BCUT2D eigenvalue weighted by Crippen LogP contribution is -2.38. The highest BCUT2D eigenvalue weighted by Gasteiger charge is 2.24. The molecule has 1 aliphatic carbocycles. The number of H-pyrrole nitrogens is 1. The Hall–Kier alpha value is -1.89. The van der Waals surface area contributed by atoms with Crippen molar-refractivity contribution >= 4 is 5.71 Å². The molecule has 134 valence electrons. The third-order valence-corrected chi connectivity index (χ3v) is 4.63. The van der Waals surface area contributed by atoms with Crippen LogP contribution in [0.15, 0.2) is 14.6 Å². The van der Waals surface area contributed by atoms with Crippen molar-refractivity contribution in [2.24, 2.45) is 10.7 Å². The molecule has 0 amide bonds. The van der Waals surface area contributed by atoms with Crippen molar-refractivity contribution in [1.29, 1.82) is 0 Å². The zero-order chi connectivity index (χ0) is 17.7. The van der Waals surface area contributed by atoms with Gasteiger partial charge >= 0.3 is 5.69 Å². The summed E-state index contributed by atoms with van der Waals surface area (Å²) in [5.74, 6) is -0.290. The molecule has 2 atom stereocenters. The third-order valence-electron chi connectivity index (χ3n) is 4.63. The van der Waals surface area contributed by atoms with E-state index >= 15 is 0 Å². The Balaban J connectivity index is 2.47. The van der Waals surface area contributed by atoms with E-state index in [2.05, 4.69) is 9.98 Å². The number of rotatable bonds is 6. The van der Waals surface area contributed by atoms with Crippen molar-refractivity contribution in [3.05, 3.63) is 26.4 Å². The van der Waals surface area contributed by atoms with Gasteiger partial charge in [0, 0.05) is 12.6 Å². The Morgan fingerprint density at radius 3 is 2.67 bits per heavy atom. The first-order chi connectivity index (χ1) is 11.5. The molecular formula is C17H28N4O3. The molecule has 2 unspecified atom stereocenters. The molecule has 1 aliphatic rings. The van der Waals surface area contributed by atoms with Crippen molar-refractivity contribution in [2.45, 2.75) is 77.4 Å². The van der Waals surface area contributed by atoms with Crippen LogP contribution in [0.1, 0.15) is 64.4 Å². The van der Waals surface area contributed by atoms with Crippen LogP contribution in [-0.2, 0) is 6.54 Å². The van der Waals surface area contributed by atoms with Gasteiger partial charge < -0.3 is 10.8 Å². The molecule has 1 fully saturated rings. The number of hydrogen-bond acceptors (Lipinski definition) is 5. The number of aromatic hydroxyl groups is 1.